The molecular weight excluding hydrogens is 282 g/mol. The molecule has 0 radical (unpaired) electrons. The summed E-state index contributed by atoms with van der Waals surface area (Å²) in [6.07, 6.45) is 1.46. The minimum atomic E-state index is -0.403. The van der Waals surface area contributed by atoms with Crippen LogP contribution >= 0.6 is 0 Å². The number of nitrogens with zero attached hydrogens (tertiary/aromatic N) is 1. The lowest BCUT2D eigenvalue weighted by molar-refractivity contribution is -0.131. The molecule has 2 rings (SSSR count). The van der Waals surface area contributed by atoms with Gasteiger partial charge in [0.15, 0.2) is 0 Å². The molecule has 0 N–H and O–H groups in total. The molecule has 0 saturated heterocycles. The zero-order chi connectivity index (χ0) is 15.9. The van der Waals surface area contributed by atoms with Gasteiger partial charge in [0.05, 0.1) is 6.21 Å². The summed E-state index contributed by atoms with van der Waals surface area (Å²) >= 11 is 0. The van der Waals surface area contributed by atoms with E-state index in [0.717, 1.165) is 11.3 Å². The number of hydrogen-bond donors (Lipinski definition) is 0. The molecule has 5 nitrogen and oxygen atoms in total. The molecular formula is C17H17NO4. The molecule has 0 atom stereocenters. The summed E-state index contributed by atoms with van der Waals surface area (Å²) in [5, 5.41) is 3.70. The van der Waals surface area contributed by atoms with E-state index < -0.39 is 5.97 Å². The van der Waals surface area contributed by atoms with Crippen molar-refractivity contribution in [2.24, 2.45) is 5.16 Å². The normalized spacial score (nSPS) is 10.5. The summed E-state index contributed by atoms with van der Waals surface area (Å²) in [6.45, 7) is 3.31. The van der Waals surface area contributed by atoms with Crippen molar-refractivity contribution in [2.75, 3.05) is 7.11 Å². The van der Waals surface area contributed by atoms with Crippen LogP contribution in [0.1, 0.15) is 18.1 Å². The van der Waals surface area contributed by atoms with E-state index in [0.29, 0.717) is 17.1 Å². The van der Waals surface area contributed by atoms with E-state index in [1.54, 1.807) is 18.2 Å². The lowest BCUT2D eigenvalue weighted by Gasteiger charge is -2.11. The molecule has 0 bridgehead atoms. The molecule has 114 valence electrons. The second-order valence-corrected chi connectivity index (χ2v) is 4.58. The van der Waals surface area contributed by atoms with Gasteiger partial charge in [-0.2, -0.15) is 0 Å². The molecule has 0 spiro atoms. The summed E-state index contributed by atoms with van der Waals surface area (Å²) in [7, 11) is 1.44. The van der Waals surface area contributed by atoms with Crippen LogP contribution in [0.4, 0.5) is 0 Å². The van der Waals surface area contributed by atoms with Crippen LogP contribution in [0, 0.1) is 6.92 Å². The van der Waals surface area contributed by atoms with Crippen LogP contribution in [0.25, 0.3) is 0 Å². The fourth-order valence-corrected chi connectivity index (χ4v) is 1.85. The van der Waals surface area contributed by atoms with Crippen LogP contribution in [0.2, 0.25) is 0 Å². The van der Waals surface area contributed by atoms with Gasteiger partial charge in [0.2, 0.25) is 0 Å². The van der Waals surface area contributed by atoms with E-state index >= 15 is 0 Å². The number of oxime groups is 1. The standard InChI is InChI=1S/C17H17NO4/c1-12-6-4-5-7-16(12)22-15-8-9-17(21-13(2)19)14(10-15)11-18-20-3/h4-11H,1-3H3/b18-11+. The molecule has 5 heteroatoms. The molecule has 0 aromatic heterocycles. The van der Waals surface area contributed by atoms with Crippen molar-refractivity contribution >= 4 is 12.2 Å². The molecule has 22 heavy (non-hydrogen) atoms. The van der Waals surface area contributed by atoms with Gasteiger partial charge in [-0.1, -0.05) is 23.4 Å². The molecule has 0 heterocycles. The first kappa shape index (κ1) is 15.6. The number of carbonyl (C=O) groups is 1. The Morgan fingerprint density at radius 2 is 1.91 bits per heavy atom. The third-order valence-corrected chi connectivity index (χ3v) is 2.85. The van der Waals surface area contributed by atoms with Crippen LogP contribution in [-0.4, -0.2) is 19.3 Å². The van der Waals surface area contributed by atoms with Crippen molar-refractivity contribution in [1.82, 2.24) is 0 Å². The second-order valence-electron chi connectivity index (χ2n) is 4.58. The lowest BCUT2D eigenvalue weighted by Crippen LogP contribution is -2.04. The molecule has 0 aliphatic carbocycles. The summed E-state index contributed by atoms with van der Waals surface area (Å²) in [5.41, 5.74) is 1.61. The number of aryl methyl sites for hydroxylation is 1. The second kappa shape index (κ2) is 7.26. The predicted octanol–water partition coefficient (Wildman–Crippen LogP) is 3.69. The van der Waals surface area contributed by atoms with Gasteiger partial charge >= 0.3 is 5.97 Å². The fourth-order valence-electron chi connectivity index (χ4n) is 1.85. The van der Waals surface area contributed by atoms with Crippen molar-refractivity contribution < 1.29 is 19.1 Å². The minimum absolute atomic E-state index is 0.394. The molecule has 0 saturated carbocycles. The first-order chi connectivity index (χ1) is 10.6. The number of benzene rings is 2. The molecule has 0 aliphatic rings. The van der Waals surface area contributed by atoms with Crippen molar-refractivity contribution in [2.45, 2.75) is 13.8 Å². The van der Waals surface area contributed by atoms with Crippen molar-refractivity contribution in [1.29, 1.82) is 0 Å². The Balaban J connectivity index is 2.31. The van der Waals surface area contributed by atoms with Gasteiger partial charge in [0.25, 0.3) is 0 Å². The Labute approximate surface area is 129 Å². The van der Waals surface area contributed by atoms with Gasteiger partial charge in [-0.05, 0) is 36.8 Å². The van der Waals surface area contributed by atoms with E-state index in [2.05, 4.69) is 9.99 Å². The quantitative estimate of drug-likeness (QED) is 0.365. The highest BCUT2D eigenvalue weighted by atomic mass is 16.6. The van der Waals surface area contributed by atoms with Crippen LogP contribution in [-0.2, 0) is 9.63 Å². The molecule has 2 aromatic carbocycles. The molecule has 2 aromatic rings. The summed E-state index contributed by atoms with van der Waals surface area (Å²) < 4.78 is 11.0. The van der Waals surface area contributed by atoms with Gasteiger partial charge in [0, 0.05) is 12.5 Å². The van der Waals surface area contributed by atoms with Crippen LogP contribution in [0.15, 0.2) is 47.6 Å². The van der Waals surface area contributed by atoms with Crippen LogP contribution in [0.3, 0.4) is 0 Å². The van der Waals surface area contributed by atoms with Crippen LogP contribution in [0.5, 0.6) is 17.2 Å². The predicted molar refractivity (Wildman–Crippen MR) is 83.6 cm³/mol. The maximum Gasteiger partial charge on any atom is 0.308 e. The highest BCUT2D eigenvalue weighted by molar-refractivity contribution is 5.85. The van der Waals surface area contributed by atoms with Gasteiger partial charge < -0.3 is 14.3 Å². The summed E-state index contributed by atoms with van der Waals surface area (Å²) in [6, 6.07) is 12.8. The topological polar surface area (TPSA) is 57.1 Å². The highest BCUT2D eigenvalue weighted by Crippen LogP contribution is 2.28. The average molecular weight is 299 g/mol. The molecule has 0 fully saturated rings. The Kier molecular flexibility index (Phi) is 5.14. The van der Waals surface area contributed by atoms with Crippen molar-refractivity contribution in [3.8, 4) is 17.2 Å². The van der Waals surface area contributed by atoms with E-state index in [-0.39, 0.29) is 0 Å². The third-order valence-electron chi connectivity index (χ3n) is 2.85. The monoisotopic (exact) mass is 299 g/mol. The average Bonchev–Trinajstić information content (AvgIpc) is 2.49. The first-order valence-corrected chi connectivity index (χ1v) is 6.72. The largest absolute Gasteiger partial charge is 0.457 e. The SMILES string of the molecule is CO/N=C/c1cc(Oc2ccccc2C)ccc1OC(C)=O. The first-order valence-electron chi connectivity index (χ1n) is 6.72. The van der Waals surface area contributed by atoms with Gasteiger partial charge in [-0.15, -0.1) is 0 Å². The van der Waals surface area contributed by atoms with Gasteiger partial charge in [0.1, 0.15) is 24.4 Å². The van der Waals surface area contributed by atoms with Crippen molar-refractivity contribution in [3.05, 3.63) is 53.6 Å². The van der Waals surface area contributed by atoms with E-state index in [9.17, 15) is 4.79 Å². The minimum Gasteiger partial charge on any atom is -0.457 e. The number of hydrogen-bond acceptors (Lipinski definition) is 5. The highest BCUT2D eigenvalue weighted by Gasteiger charge is 2.08. The smallest absolute Gasteiger partial charge is 0.308 e. The van der Waals surface area contributed by atoms with Gasteiger partial charge in [-0.3, -0.25) is 4.79 Å². The Morgan fingerprint density at radius 1 is 1.14 bits per heavy atom. The van der Waals surface area contributed by atoms with E-state index in [1.165, 1.54) is 20.2 Å². The lowest BCUT2D eigenvalue weighted by atomic mass is 10.2. The van der Waals surface area contributed by atoms with E-state index in [4.69, 9.17) is 9.47 Å². The fraction of sp³-hybridized carbons (Fsp3) is 0.176. The summed E-state index contributed by atoms with van der Waals surface area (Å²) in [4.78, 5) is 15.8. The van der Waals surface area contributed by atoms with E-state index in [1.807, 2.05) is 31.2 Å². The molecule has 0 amide bonds. The number of rotatable bonds is 5. The Bertz CT molecular complexity index is 695. The van der Waals surface area contributed by atoms with Crippen LogP contribution < -0.4 is 9.47 Å². The Hall–Kier alpha value is -2.82. The van der Waals surface area contributed by atoms with Gasteiger partial charge in [-0.25, -0.2) is 0 Å². The zero-order valence-corrected chi connectivity index (χ0v) is 12.7. The molecule has 0 aliphatic heterocycles. The van der Waals surface area contributed by atoms with Crippen molar-refractivity contribution in [3.63, 3.8) is 0 Å². The number of ether oxygens (including phenoxy) is 2. The summed E-state index contributed by atoms with van der Waals surface area (Å²) in [5.74, 6) is 1.37. The number of esters is 1. The number of carbonyl (C=O) groups excluding carboxylic acids is 1. The third kappa shape index (κ3) is 4.09. The maximum atomic E-state index is 11.1. The maximum absolute atomic E-state index is 11.1. The Morgan fingerprint density at radius 3 is 2.59 bits per heavy atom. The molecule has 0 unspecified atom stereocenters. The zero-order valence-electron chi connectivity index (χ0n) is 12.7. The number of para-hydroxylation sites is 1.